The van der Waals surface area contributed by atoms with E-state index in [9.17, 15) is 0 Å². The average molecular weight is 126 g/mol. The summed E-state index contributed by atoms with van der Waals surface area (Å²) in [7, 11) is 0. The summed E-state index contributed by atoms with van der Waals surface area (Å²) >= 11 is 0. The Balaban J connectivity index is 2.07. The van der Waals surface area contributed by atoms with Gasteiger partial charge in [0.05, 0.1) is 6.17 Å². The van der Waals surface area contributed by atoms with Crippen LogP contribution in [-0.4, -0.2) is 30.2 Å². The fourth-order valence-electron chi connectivity index (χ4n) is 2.01. The molecule has 0 aliphatic carbocycles. The van der Waals surface area contributed by atoms with Gasteiger partial charge in [0.2, 0.25) is 0 Å². The average Bonchev–Trinajstić information content (AvgIpc) is 2.35. The molecule has 2 heteroatoms. The molecule has 2 heterocycles. The summed E-state index contributed by atoms with van der Waals surface area (Å²) < 4.78 is 0. The second kappa shape index (κ2) is 1.96. The van der Waals surface area contributed by atoms with Gasteiger partial charge in [-0.15, -0.1) is 0 Å². The highest BCUT2D eigenvalue weighted by molar-refractivity contribution is 4.89. The summed E-state index contributed by atoms with van der Waals surface area (Å²) in [6, 6.07) is 0.875. The van der Waals surface area contributed by atoms with Crippen molar-refractivity contribution in [3.8, 4) is 0 Å². The summed E-state index contributed by atoms with van der Waals surface area (Å²) in [5, 5.41) is 3.45. The van der Waals surface area contributed by atoms with E-state index in [2.05, 4.69) is 17.1 Å². The Kier molecular flexibility index (Phi) is 1.24. The fraction of sp³-hybridized carbons (Fsp3) is 1.00. The third-order valence-electron chi connectivity index (χ3n) is 2.57. The van der Waals surface area contributed by atoms with Crippen molar-refractivity contribution in [3.05, 3.63) is 0 Å². The lowest BCUT2D eigenvalue weighted by molar-refractivity contribution is 0.253. The van der Waals surface area contributed by atoms with Crippen molar-refractivity contribution in [2.24, 2.45) is 0 Å². The maximum absolute atomic E-state index is 3.45. The van der Waals surface area contributed by atoms with Crippen LogP contribution in [0.25, 0.3) is 0 Å². The summed E-state index contributed by atoms with van der Waals surface area (Å²) in [5.41, 5.74) is 0. The number of hydrogen-bond acceptors (Lipinski definition) is 2. The van der Waals surface area contributed by atoms with E-state index in [-0.39, 0.29) is 0 Å². The van der Waals surface area contributed by atoms with Gasteiger partial charge in [-0.1, -0.05) is 0 Å². The molecular weight excluding hydrogens is 112 g/mol. The molecule has 2 saturated heterocycles. The molecule has 2 aliphatic rings. The van der Waals surface area contributed by atoms with Crippen LogP contribution >= 0.6 is 0 Å². The largest absolute Gasteiger partial charge is 0.300 e. The topological polar surface area (TPSA) is 15.3 Å². The van der Waals surface area contributed by atoms with Crippen LogP contribution in [0.15, 0.2) is 0 Å². The number of rotatable bonds is 0. The van der Waals surface area contributed by atoms with Crippen molar-refractivity contribution in [3.63, 3.8) is 0 Å². The minimum absolute atomic E-state index is 0.650. The standard InChI is InChI=1S/C7H14N2/c1-6-8-5-7-3-2-4-9(6)7/h6-8H,2-5H2,1H3. The first kappa shape index (κ1) is 5.69. The van der Waals surface area contributed by atoms with Crippen LogP contribution in [0.3, 0.4) is 0 Å². The molecule has 52 valence electrons. The van der Waals surface area contributed by atoms with Gasteiger partial charge in [0, 0.05) is 19.1 Å². The van der Waals surface area contributed by atoms with Crippen LogP contribution in [0.1, 0.15) is 19.8 Å². The number of hydrogen-bond donors (Lipinski definition) is 1. The van der Waals surface area contributed by atoms with Crippen LogP contribution in [0, 0.1) is 0 Å². The smallest absolute Gasteiger partial charge is 0.0571 e. The van der Waals surface area contributed by atoms with Gasteiger partial charge in [0.15, 0.2) is 0 Å². The molecule has 2 aliphatic heterocycles. The quantitative estimate of drug-likeness (QED) is 0.505. The van der Waals surface area contributed by atoms with Crippen LogP contribution in [0.4, 0.5) is 0 Å². The van der Waals surface area contributed by atoms with Crippen LogP contribution < -0.4 is 5.32 Å². The lowest BCUT2D eigenvalue weighted by atomic mass is 10.2. The predicted molar refractivity (Wildman–Crippen MR) is 37.2 cm³/mol. The molecule has 0 aromatic rings. The minimum Gasteiger partial charge on any atom is -0.300 e. The highest BCUT2D eigenvalue weighted by Gasteiger charge is 2.33. The molecule has 1 N–H and O–H groups in total. The fourth-order valence-corrected chi connectivity index (χ4v) is 2.01. The zero-order chi connectivity index (χ0) is 6.27. The van der Waals surface area contributed by atoms with Gasteiger partial charge >= 0.3 is 0 Å². The Morgan fingerprint density at radius 3 is 3.22 bits per heavy atom. The lowest BCUT2D eigenvalue weighted by Gasteiger charge is -2.18. The molecule has 9 heavy (non-hydrogen) atoms. The first-order valence-electron chi connectivity index (χ1n) is 3.87. The molecule has 0 aromatic carbocycles. The first-order chi connectivity index (χ1) is 4.38. The molecule has 0 saturated carbocycles. The maximum atomic E-state index is 3.45. The van der Waals surface area contributed by atoms with E-state index < -0.39 is 0 Å². The highest BCUT2D eigenvalue weighted by Crippen LogP contribution is 2.22. The van der Waals surface area contributed by atoms with Gasteiger partial charge in [-0.25, -0.2) is 0 Å². The molecule has 0 aromatic heterocycles. The zero-order valence-electron chi connectivity index (χ0n) is 5.93. The Morgan fingerprint density at radius 1 is 1.56 bits per heavy atom. The van der Waals surface area contributed by atoms with E-state index in [1.807, 2.05) is 0 Å². The molecule has 2 atom stereocenters. The number of nitrogens with zero attached hydrogens (tertiary/aromatic N) is 1. The van der Waals surface area contributed by atoms with E-state index in [1.54, 1.807) is 0 Å². The van der Waals surface area contributed by atoms with Gasteiger partial charge in [-0.3, -0.25) is 4.90 Å². The molecule has 0 radical (unpaired) electrons. The Labute approximate surface area is 56.2 Å². The number of nitrogens with one attached hydrogen (secondary N) is 1. The van der Waals surface area contributed by atoms with E-state index in [0.29, 0.717) is 6.17 Å². The Hall–Kier alpha value is -0.0800. The van der Waals surface area contributed by atoms with Crippen molar-refractivity contribution >= 4 is 0 Å². The van der Waals surface area contributed by atoms with E-state index in [4.69, 9.17) is 0 Å². The molecule has 0 bridgehead atoms. The van der Waals surface area contributed by atoms with E-state index >= 15 is 0 Å². The van der Waals surface area contributed by atoms with Crippen LogP contribution in [-0.2, 0) is 0 Å². The predicted octanol–water partition coefficient (Wildman–Crippen LogP) is 0.400. The monoisotopic (exact) mass is 126 g/mol. The van der Waals surface area contributed by atoms with Gasteiger partial charge in [-0.05, 0) is 19.8 Å². The van der Waals surface area contributed by atoms with Crippen molar-refractivity contribution in [1.82, 2.24) is 10.2 Å². The van der Waals surface area contributed by atoms with Gasteiger partial charge < -0.3 is 5.32 Å². The van der Waals surface area contributed by atoms with Crippen molar-refractivity contribution < 1.29 is 0 Å². The van der Waals surface area contributed by atoms with E-state index in [0.717, 1.165) is 6.04 Å². The SMILES string of the molecule is CC1NCC2CCCN21. The van der Waals surface area contributed by atoms with Crippen LogP contribution in [0.2, 0.25) is 0 Å². The second-order valence-corrected chi connectivity index (χ2v) is 3.12. The molecule has 2 rings (SSSR count). The van der Waals surface area contributed by atoms with Crippen molar-refractivity contribution in [2.75, 3.05) is 13.1 Å². The maximum Gasteiger partial charge on any atom is 0.0571 e. The lowest BCUT2D eigenvalue weighted by Crippen LogP contribution is -2.32. The summed E-state index contributed by atoms with van der Waals surface area (Å²) in [5.74, 6) is 0. The molecule has 2 unspecified atom stereocenters. The summed E-state index contributed by atoms with van der Waals surface area (Å²) in [6.45, 7) is 4.80. The minimum atomic E-state index is 0.650. The Morgan fingerprint density at radius 2 is 2.44 bits per heavy atom. The van der Waals surface area contributed by atoms with Gasteiger partial charge in [0.1, 0.15) is 0 Å². The zero-order valence-corrected chi connectivity index (χ0v) is 5.93. The normalized spacial score (nSPS) is 43.7. The molecular formula is C7H14N2. The highest BCUT2D eigenvalue weighted by atomic mass is 15.4. The molecule has 2 nitrogen and oxygen atoms in total. The number of fused-ring (bicyclic) bond motifs is 1. The summed E-state index contributed by atoms with van der Waals surface area (Å²) in [4.78, 5) is 2.57. The van der Waals surface area contributed by atoms with Crippen LogP contribution in [0.5, 0.6) is 0 Å². The first-order valence-corrected chi connectivity index (χ1v) is 3.87. The van der Waals surface area contributed by atoms with Gasteiger partial charge in [-0.2, -0.15) is 0 Å². The third kappa shape index (κ3) is 0.775. The molecule has 0 amide bonds. The molecule has 0 spiro atoms. The van der Waals surface area contributed by atoms with Gasteiger partial charge in [0.25, 0.3) is 0 Å². The van der Waals surface area contributed by atoms with Crippen molar-refractivity contribution in [2.45, 2.75) is 32.0 Å². The Bertz CT molecular complexity index is 113. The van der Waals surface area contributed by atoms with E-state index in [1.165, 1.54) is 25.9 Å². The summed E-state index contributed by atoms with van der Waals surface area (Å²) in [6.07, 6.45) is 3.48. The van der Waals surface area contributed by atoms with Crippen molar-refractivity contribution in [1.29, 1.82) is 0 Å². The second-order valence-electron chi connectivity index (χ2n) is 3.12. The molecule has 2 fully saturated rings. The third-order valence-corrected chi connectivity index (χ3v) is 2.57.